The van der Waals surface area contributed by atoms with Crippen LogP contribution in [0.15, 0.2) is 24.3 Å². The summed E-state index contributed by atoms with van der Waals surface area (Å²) in [6.45, 7) is 3.43. The van der Waals surface area contributed by atoms with Crippen LogP contribution in [0.3, 0.4) is 0 Å². The van der Waals surface area contributed by atoms with E-state index in [2.05, 4.69) is 24.4 Å². The Morgan fingerprint density at radius 2 is 2.00 bits per heavy atom. The van der Waals surface area contributed by atoms with Crippen LogP contribution in [0.5, 0.6) is 0 Å². The van der Waals surface area contributed by atoms with Gasteiger partial charge in [0.05, 0.1) is 0 Å². The van der Waals surface area contributed by atoms with Crippen LogP contribution in [0.25, 0.3) is 0 Å². The number of halogens is 1. The molecule has 0 radical (unpaired) electrons. The molecule has 2 aliphatic carbocycles. The molecule has 0 heterocycles. The summed E-state index contributed by atoms with van der Waals surface area (Å²) >= 11 is 5.92. The second-order valence-electron chi connectivity index (χ2n) is 6.12. The molecule has 0 aromatic heterocycles. The number of fused-ring (bicyclic) bond motifs is 2. The first-order chi connectivity index (χ1) is 8.72. The minimum atomic E-state index is 0.432. The third-order valence-electron chi connectivity index (χ3n) is 4.94. The quantitative estimate of drug-likeness (QED) is 0.848. The van der Waals surface area contributed by atoms with Crippen molar-refractivity contribution >= 4 is 11.6 Å². The van der Waals surface area contributed by atoms with E-state index in [1.165, 1.54) is 37.8 Å². The number of rotatable bonds is 4. The molecule has 1 aromatic rings. The van der Waals surface area contributed by atoms with Gasteiger partial charge in [0.15, 0.2) is 0 Å². The maximum atomic E-state index is 5.92. The Balaban J connectivity index is 1.52. The molecule has 0 amide bonds. The standard InChI is InChI=1S/C16H22ClN/c1-11(13-4-6-16(17)7-5-13)18-10-15-9-12-2-3-14(15)8-12/h4-7,11-12,14-15,18H,2-3,8-10H2,1H3/t11-,12?,14?,15?/m1/s1. The van der Waals surface area contributed by atoms with Crippen LogP contribution in [-0.2, 0) is 0 Å². The van der Waals surface area contributed by atoms with E-state index < -0.39 is 0 Å². The lowest BCUT2D eigenvalue weighted by atomic mass is 9.88. The maximum Gasteiger partial charge on any atom is 0.0406 e. The van der Waals surface area contributed by atoms with Crippen LogP contribution in [0.4, 0.5) is 0 Å². The molecular weight excluding hydrogens is 242 g/mol. The SMILES string of the molecule is C[C@@H](NCC1CC2CCC1C2)c1ccc(Cl)cc1. The Hall–Kier alpha value is -0.530. The van der Waals surface area contributed by atoms with E-state index in [1.807, 2.05) is 12.1 Å². The molecule has 1 N–H and O–H groups in total. The lowest BCUT2D eigenvalue weighted by molar-refractivity contribution is 0.309. The van der Waals surface area contributed by atoms with E-state index >= 15 is 0 Å². The van der Waals surface area contributed by atoms with Crippen LogP contribution in [0.1, 0.15) is 44.2 Å². The predicted octanol–water partition coefficient (Wildman–Crippen LogP) is 4.43. The highest BCUT2D eigenvalue weighted by Crippen LogP contribution is 2.48. The molecule has 2 bridgehead atoms. The summed E-state index contributed by atoms with van der Waals surface area (Å²) in [6, 6.07) is 8.64. The molecule has 3 unspecified atom stereocenters. The Kier molecular flexibility index (Phi) is 3.63. The smallest absolute Gasteiger partial charge is 0.0406 e. The zero-order chi connectivity index (χ0) is 12.5. The molecule has 4 atom stereocenters. The maximum absolute atomic E-state index is 5.92. The Bertz CT molecular complexity index is 400. The second-order valence-corrected chi connectivity index (χ2v) is 6.55. The molecule has 0 spiro atoms. The van der Waals surface area contributed by atoms with Gasteiger partial charge in [0.25, 0.3) is 0 Å². The highest BCUT2D eigenvalue weighted by atomic mass is 35.5. The molecule has 1 aromatic carbocycles. The molecule has 2 fully saturated rings. The molecular formula is C16H22ClN. The third kappa shape index (κ3) is 2.57. The summed E-state index contributed by atoms with van der Waals surface area (Å²) < 4.78 is 0. The average molecular weight is 264 g/mol. The summed E-state index contributed by atoms with van der Waals surface area (Å²) in [5.41, 5.74) is 1.34. The van der Waals surface area contributed by atoms with Gasteiger partial charge in [-0.3, -0.25) is 0 Å². The van der Waals surface area contributed by atoms with Gasteiger partial charge in [-0.15, -0.1) is 0 Å². The monoisotopic (exact) mass is 263 g/mol. The van der Waals surface area contributed by atoms with Gasteiger partial charge in [0.1, 0.15) is 0 Å². The molecule has 0 saturated heterocycles. The van der Waals surface area contributed by atoms with E-state index in [0.29, 0.717) is 6.04 Å². The predicted molar refractivity (Wildman–Crippen MR) is 76.8 cm³/mol. The molecule has 0 aliphatic heterocycles. The normalized spacial score (nSPS) is 31.8. The van der Waals surface area contributed by atoms with Crippen LogP contribution < -0.4 is 5.32 Å². The van der Waals surface area contributed by atoms with E-state index in [-0.39, 0.29) is 0 Å². The Morgan fingerprint density at radius 1 is 1.22 bits per heavy atom. The molecule has 2 aliphatic rings. The lowest BCUT2D eigenvalue weighted by Crippen LogP contribution is -2.28. The van der Waals surface area contributed by atoms with Crippen molar-refractivity contribution in [3.8, 4) is 0 Å². The highest BCUT2D eigenvalue weighted by molar-refractivity contribution is 6.30. The topological polar surface area (TPSA) is 12.0 Å². The van der Waals surface area contributed by atoms with Gasteiger partial charge in [-0.1, -0.05) is 30.2 Å². The second kappa shape index (κ2) is 5.22. The Labute approximate surface area is 115 Å². The third-order valence-corrected chi connectivity index (χ3v) is 5.19. The van der Waals surface area contributed by atoms with Crippen LogP contribution in [0.2, 0.25) is 5.02 Å². The van der Waals surface area contributed by atoms with Crippen molar-refractivity contribution in [1.82, 2.24) is 5.32 Å². The minimum absolute atomic E-state index is 0.432. The highest BCUT2D eigenvalue weighted by Gasteiger charge is 2.39. The first-order valence-electron chi connectivity index (χ1n) is 7.21. The first-order valence-corrected chi connectivity index (χ1v) is 7.59. The van der Waals surface area contributed by atoms with Gasteiger partial charge in [0, 0.05) is 11.1 Å². The summed E-state index contributed by atoms with van der Waals surface area (Å²) in [5, 5.41) is 4.52. The van der Waals surface area contributed by atoms with E-state index in [0.717, 1.165) is 22.8 Å². The summed E-state index contributed by atoms with van der Waals surface area (Å²) in [5.74, 6) is 2.99. The fraction of sp³-hybridized carbons (Fsp3) is 0.625. The number of benzene rings is 1. The van der Waals surface area contributed by atoms with Gasteiger partial charge < -0.3 is 5.32 Å². The summed E-state index contributed by atoms with van der Waals surface area (Å²) in [7, 11) is 0. The van der Waals surface area contributed by atoms with Crippen molar-refractivity contribution in [3.05, 3.63) is 34.9 Å². The fourth-order valence-electron chi connectivity index (χ4n) is 3.82. The molecule has 98 valence electrons. The Morgan fingerprint density at radius 3 is 2.61 bits per heavy atom. The van der Waals surface area contributed by atoms with Gasteiger partial charge in [-0.25, -0.2) is 0 Å². The van der Waals surface area contributed by atoms with Crippen molar-refractivity contribution in [1.29, 1.82) is 0 Å². The minimum Gasteiger partial charge on any atom is -0.310 e. The van der Waals surface area contributed by atoms with Gasteiger partial charge in [0.2, 0.25) is 0 Å². The van der Waals surface area contributed by atoms with Crippen LogP contribution >= 0.6 is 11.6 Å². The van der Waals surface area contributed by atoms with Gasteiger partial charge in [-0.05, 0) is 68.2 Å². The number of nitrogens with one attached hydrogen (secondary N) is 1. The fourth-order valence-corrected chi connectivity index (χ4v) is 3.95. The average Bonchev–Trinajstić information content (AvgIpc) is 2.99. The van der Waals surface area contributed by atoms with E-state index in [1.54, 1.807) is 0 Å². The van der Waals surface area contributed by atoms with Crippen molar-refractivity contribution in [3.63, 3.8) is 0 Å². The van der Waals surface area contributed by atoms with Crippen LogP contribution in [0, 0.1) is 17.8 Å². The van der Waals surface area contributed by atoms with Gasteiger partial charge in [-0.2, -0.15) is 0 Å². The van der Waals surface area contributed by atoms with E-state index in [4.69, 9.17) is 11.6 Å². The number of hydrogen-bond acceptors (Lipinski definition) is 1. The zero-order valence-corrected chi connectivity index (χ0v) is 11.8. The number of hydrogen-bond donors (Lipinski definition) is 1. The van der Waals surface area contributed by atoms with Gasteiger partial charge >= 0.3 is 0 Å². The van der Waals surface area contributed by atoms with Crippen molar-refractivity contribution < 1.29 is 0 Å². The molecule has 3 rings (SSSR count). The summed E-state index contributed by atoms with van der Waals surface area (Å²) in [6.07, 6.45) is 5.94. The van der Waals surface area contributed by atoms with Crippen molar-refractivity contribution in [2.75, 3.05) is 6.54 Å². The molecule has 1 nitrogen and oxygen atoms in total. The zero-order valence-electron chi connectivity index (χ0n) is 11.0. The molecule has 18 heavy (non-hydrogen) atoms. The molecule has 2 saturated carbocycles. The van der Waals surface area contributed by atoms with Crippen LogP contribution in [-0.4, -0.2) is 6.54 Å². The summed E-state index contributed by atoms with van der Waals surface area (Å²) in [4.78, 5) is 0. The van der Waals surface area contributed by atoms with Crippen molar-refractivity contribution in [2.24, 2.45) is 17.8 Å². The first kappa shape index (κ1) is 12.5. The lowest BCUT2D eigenvalue weighted by Gasteiger charge is -2.24. The molecule has 2 heteroatoms. The largest absolute Gasteiger partial charge is 0.310 e. The van der Waals surface area contributed by atoms with Crippen molar-refractivity contribution in [2.45, 2.75) is 38.6 Å². The van der Waals surface area contributed by atoms with E-state index in [9.17, 15) is 0 Å².